The van der Waals surface area contributed by atoms with E-state index in [1.165, 1.54) is 6.07 Å². The van der Waals surface area contributed by atoms with Crippen LogP contribution in [0, 0.1) is 24.0 Å². The fourth-order valence-electron chi connectivity index (χ4n) is 2.50. The molecule has 2 rings (SSSR count). The van der Waals surface area contributed by atoms with Crippen molar-refractivity contribution in [2.45, 2.75) is 26.8 Å². The van der Waals surface area contributed by atoms with Crippen molar-refractivity contribution in [2.75, 3.05) is 5.32 Å². The quantitative estimate of drug-likeness (QED) is 0.689. The van der Waals surface area contributed by atoms with Crippen LogP contribution >= 0.6 is 11.6 Å². The molecule has 1 heterocycles. The lowest BCUT2D eigenvalue weighted by atomic mass is 10.1. The molecule has 2 aromatic rings. The molecule has 0 saturated heterocycles. The van der Waals surface area contributed by atoms with Crippen LogP contribution in [0.5, 0.6) is 0 Å². The molecule has 1 unspecified atom stereocenters. The third-order valence-corrected chi connectivity index (χ3v) is 3.76. The minimum absolute atomic E-state index is 0.0338. The van der Waals surface area contributed by atoms with E-state index in [1.807, 2.05) is 27.8 Å². The van der Waals surface area contributed by atoms with Gasteiger partial charge in [0.1, 0.15) is 5.69 Å². The zero-order chi connectivity index (χ0) is 15.7. The first-order valence-electron chi connectivity index (χ1n) is 6.51. The van der Waals surface area contributed by atoms with Crippen molar-refractivity contribution < 1.29 is 4.92 Å². The van der Waals surface area contributed by atoms with E-state index in [2.05, 4.69) is 10.4 Å². The summed E-state index contributed by atoms with van der Waals surface area (Å²) >= 11 is 5.82. The molecule has 1 N–H and O–H groups in total. The summed E-state index contributed by atoms with van der Waals surface area (Å²) in [6.07, 6.45) is 0. The first-order chi connectivity index (χ1) is 9.81. The Balaban J connectivity index is 2.36. The zero-order valence-corrected chi connectivity index (χ0v) is 13.1. The number of aryl methyl sites for hydroxylation is 2. The predicted molar refractivity (Wildman–Crippen MR) is 82.8 cm³/mol. The van der Waals surface area contributed by atoms with Crippen LogP contribution in [0.15, 0.2) is 18.2 Å². The summed E-state index contributed by atoms with van der Waals surface area (Å²) in [6, 6.07) is 4.50. The Morgan fingerprint density at radius 1 is 1.43 bits per heavy atom. The van der Waals surface area contributed by atoms with E-state index in [0.29, 0.717) is 10.7 Å². The van der Waals surface area contributed by atoms with Gasteiger partial charge in [0, 0.05) is 29.4 Å². The van der Waals surface area contributed by atoms with E-state index in [1.54, 1.807) is 16.8 Å². The van der Waals surface area contributed by atoms with E-state index in [0.717, 1.165) is 17.0 Å². The Kier molecular flexibility index (Phi) is 4.18. The van der Waals surface area contributed by atoms with Crippen molar-refractivity contribution >= 4 is 23.0 Å². The number of anilines is 1. The van der Waals surface area contributed by atoms with E-state index in [4.69, 9.17) is 11.6 Å². The van der Waals surface area contributed by atoms with Gasteiger partial charge in [-0.1, -0.05) is 11.6 Å². The molecule has 0 radical (unpaired) electrons. The van der Waals surface area contributed by atoms with Crippen LogP contribution in [0.2, 0.25) is 5.02 Å². The molecule has 0 amide bonds. The Morgan fingerprint density at radius 2 is 2.10 bits per heavy atom. The number of hydrogen-bond donors (Lipinski definition) is 1. The molecule has 1 atom stereocenters. The zero-order valence-electron chi connectivity index (χ0n) is 12.3. The van der Waals surface area contributed by atoms with Gasteiger partial charge in [0.2, 0.25) is 0 Å². The van der Waals surface area contributed by atoms with Gasteiger partial charge in [-0.15, -0.1) is 0 Å². The molecule has 0 aliphatic heterocycles. The summed E-state index contributed by atoms with van der Waals surface area (Å²) in [4.78, 5) is 10.7. The highest BCUT2D eigenvalue weighted by atomic mass is 35.5. The fraction of sp³-hybridized carbons (Fsp3) is 0.357. The molecule has 6 nitrogen and oxygen atoms in total. The smallest absolute Gasteiger partial charge is 0.293 e. The van der Waals surface area contributed by atoms with Crippen LogP contribution in [0.1, 0.15) is 29.9 Å². The molecule has 0 saturated carbocycles. The van der Waals surface area contributed by atoms with Crippen molar-refractivity contribution in [2.24, 2.45) is 7.05 Å². The van der Waals surface area contributed by atoms with Crippen molar-refractivity contribution in [1.29, 1.82) is 0 Å². The van der Waals surface area contributed by atoms with Crippen molar-refractivity contribution in [3.63, 3.8) is 0 Å². The highest BCUT2D eigenvalue weighted by molar-refractivity contribution is 6.30. The molecule has 1 aromatic carbocycles. The average Bonchev–Trinajstić information content (AvgIpc) is 2.65. The first-order valence-corrected chi connectivity index (χ1v) is 6.89. The van der Waals surface area contributed by atoms with Crippen LogP contribution in [-0.2, 0) is 7.05 Å². The number of nitro groups is 1. The van der Waals surface area contributed by atoms with E-state index >= 15 is 0 Å². The lowest BCUT2D eigenvalue weighted by molar-refractivity contribution is -0.384. The Bertz CT molecular complexity index is 697. The summed E-state index contributed by atoms with van der Waals surface area (Å²) in [6.45, 7) is 5.86. The summed E-state index contributed by atoms with van der Waals surface area (Å²) in [5.74, 6) is 0. The highest BCUT2D eigenvalue weighted by Gasteiger charge is 2.20. The minimum atomic E-state index is -0.441. The fourth-order valence-corrected chi connectivity index (χ4v) is 2.67. The van der Waals surface area contributed by atoms with Crippen molar-refractivity contribution in [3.05, 3.63) is 50.3 Å². The molecular weight excluding hydrogens is 292 g/mol. The van der Waals surface area contributed by atoms with Gasteiger partial charge in [-0.3, -0.25) is 14.8 Å². The molecule has 1 aromatic heterocycles. The van der Waals surface area contributed by atoms with Gasteiger partial charge in [-0.2, -0.15) is 5.10 Å². The molecule has 0 aliphatic rings. The van der Waals surface area contributed by atoms with Gasteiger partial charge in [0.25, 0.3) is 5.69 Å². The molecule has 21 heavy (non-hydrogen) atoms. The SMILES string of the molecule is Cc1nn(C)c(C)c1C(C)Nc1ccc(Cl)cc1[N+](=O)[O-]. The van der Waals surface area contributed by atoms with Gasteiger partial charge >= 0.3 is 0 Å². The monoisotopic (exact) mass is 308 g/mol. The molecule has 0 fully saturated rings. The maximum atomic E-state index is 11.1. The second-order valence-electron chi connectivity index (χ2n) is 4.99. The van der Waals surface area contributed by atoms with Crippen molar-refractivity contribution in [1.82, 2.24) is 9.78 Å². The predicted octanol–water partition coefficient (Wildman–Crippen LogP) is 3.77. The maximum Gasteiger partial charge on any atom is 0.293 e. The second kappa shape index (κ2) is 5.73. The number of halogens is 1. The standard InChI is InChI=1S/C14H17ClN4O2/c1-8(14-9(2)17-18(4)10(14)3)16-12-6-5-11(15)7-13(12)19(20)21/h5-8,16H,1-4H3. The van der Waals surface area contributed by atoms with E-state index in [-0.39, 0.29) is 11.7 Å². The lowest BCUT2D eigenvalue weighted by Gasteiger charge is -2.16. The first kappa shape index (κ1) is 15.3. The van der Waals surface area contributed by atoms with E-state index in [9.17, 15) is 10.1 Å². The minimum Gasteiger partial charge on any atom is -0.373 e. The molecule has 0 spiro atoms. The van der Waals surface area contributed by atoms with Crippen LogP contribution in [-0.4, -0.2) is 14.7 Å². The van der Waals surface area contributed by atoms with Crippen LogP contribution in [0.3, 0.4) is 0 Å². The normalized spacial score (nSPS) is 12.2. The highest BCUT2D eigenvalue weighted by Crippen LogP contribution is 2.32. The van der Waals surface area contributed by atoms with Crippen LogP contribution in [0.4, 0.5) is 11.4 Å². The van der Waals surface area contributed by atoms with Gasteiger partial charge < -0.3 is 5.32 Å². The van der Waals surface area contributed by atoms with Crippen molar-refractivity contribution in [3.8, 4) is 0 Å². The third kappa shape index (κ3) is 3.00. The Hall–Kier alpha value is -2.08. The number of rotatable bonds is 4. The average molecular weight is 309 g/mol. The second-order valence-corrected chi connectivity index (χ2v) is 5.43. The number of nitrogens with zero attached hydrogens (tertiary/aromatic N) is 3. The summed E-state index contributed by atoms with van der Waals surface area (Å²) in [5, 5.41) is 19.0. The summed E-state index contributed by atoms with van der Waals surface area (Å²) < 4.78 is 1.80. The number of hydrogen-bond acceptors (Lipinski definition) is 4. The van der Waals surface area contributed by atoms with Gasteiger partial charge in [-0.05, 0) is 32.9 Å². The molecular formula is C14H17ClN4O2. The summed E-state index contributed by atoms with van der Waals surface area (Å²) in [7, 11) is 1.88. The van der Waals surface area contributed by atoms with Gasteiger partial charge in [-0.25, -0.2) is 0 Å². The number of benzene rings is 1. The van der Waals surface area contributed by atoms with Crippen LogP contribution in [0.25, 0.3) is 0 Å². The lowest BCUT2D eigenvalue weighted by Crippen LogP contribution is -2.10. The Morgan fingerprint density at radius 3 is 2.62 bits per heavy atom. The topological polar surface area (TPSA) is 73.0 Å². The number of aromatic nitrogens is 2. The molecule has 0 aliphatic carbocycles. The number of nitro benzene ring substituents is 1. The largest absolute Gasteiger partial charge is 0.373 e. The molecule has 112 valence electrons. The third-order valence-electron chi connectivity index (χ3n) is 3.53. The maximum absolute atomic E-state index is 11.1. The molecule has 7 heteroatoms. The summed E-state index contributed by atoms with van der Waals surface area (Å²) in [5.41, 5.74) is 3.39. The Labute approximate surface area is 127 Å². The van der Waals surface area contributed by atoms with Crippen LogP contribution < -0.4 is 5.32 Å². The van der Waals surface area contributed by atoms with Gasteiger partial charge in [0.15, 0.2) is 0 Å². The van der Waals surface area contributed by atoms with Gasteiger partial charge in [0.05, 0.1) is 16.7 Å². The number of nitrogens with one attached hydrogen (secondary N) is 1. The van der Waals surface area contributed by atoms with E-state index < -0.39 is 4.92 Å². The molecule has 0 bridgehead atoms.